The van der Waals surface area contributed by atoms with Crippen molar-refractivity contribution in [3.05, 3.63) is 59.7 Å². The lowest BCUT2D eigenvalue weighted by Gasteiger charge is -2.34. The van der Waals surface area contributed by atoms with Crippen LogP contribution in [-0.2, 0) is 10.0 Å². The summed E-state index contributed by atoms with van der Waals surface area (Å²) in [5, 5.41) is 8.98. The number of piperazine rings is 1. The predicted octanol–water partition coefficient (Wildman–Crippen LogP) is 2.10. The Kier molecular flexibility index (Phi) is 5.97. The highest BCUT2D eigenvalue weighted by molar-refractivity contribution is 7.89. The number of benzene rings is 2. The SMILES string of the molecule is CCOc1ccc(S(=O)(=O)N2CCN(C(=O)c3cccc(C#N)c3)CC2)cc1. The Hall–Kier alpha value is -2.89. The molecule has 28 heavy (non-hydrogen) atoms. The van der Waals surface area contributed by atoms with Crippen LogP contribution in [-0.4, -0.2) is 56.3 Å². The highest BCUT2D eigenvalue weighted by Gasteiger charge is 2.30. The number of amides is 1. The average Bonchev–Trinajstić information content (AvgIpc) is 2.74. The summed E-state index contributed by atoms with van der Waals surface area (Å²) in [4.78, 5) is 14.4. The monoisotopic (exact) mass is 399 g/mol. The van der Waals surface area contributed by atoms with Gasteiger partial charge in [-0.15, -0.1) is 0 Å². The third-order valence-corrected chi connectivity index (χ3v) is 6.45. The van der Waals surface area contributed by atoms with Crippen LogP contribution in [0.5, 0.6) is 5.75 Å². The van der Waals surface area contributed by atoms with E-state index >= 15 is 0 Å². The molecule has 0 bridgehead atoms. The van der Waals surface area contributed by atoms with E-state index in [0.717, 1.165) is 0 Å². The number of ether oxygens (including phenoxy) is 1. The van der Waals surface area contributed by atoms with Crippen LogP contribution in [0.2, 0.25) is 0 Å². The molecule has 0 radical (unpaired) electrons. The average molecular weight is 399 g/mol. The summed E-state index contributed by atoms with van der Waals surface area (Å²) < 4.78 is 32.4. The van der Waals surface area contributed by atoms with Crippen molar-refractivity contribution in [2.24, 2.45) is 0 Å². The van der Waals surface area contributed by atoms with Crippen LogP contribution < -0.4 is 4.74 Å². The molecule has 8 heteroatoms. The van der Waals surface area contributed by atoms with Crippen molar-refractivity contribution in [2.45, 2.75) is 11.8 Å². The number of nitrogens with zero attached hydrogens (tertiary/aromatic N) is 3. The highest BCUT2D eigenvalue weighted by atomic mass is 32.2. The van der Waals surface area contributed by atoms with Crippen LogP contribution >= 0.6 is 0 Å². The third kappa shape index (κ3) is 4.16. The molecule has 0 atom stereocenters. The Morgan fingerprint density at radius 2 is 1.79 bits per heavy atom. The van der Waals surface area contributed by atoms with Gasteiger partial charge >= 0.3 is 0 Å². The maximum atomic E-state index is 12.8. The van der Waals surface area contributed by atoms with E-state index in [4.69, 9.17) is 10.00 Å². The van der Waals surface area contributed by atoms with Gasteiger partial charge in [-0.25, -0.2) is 8.42 Å². The molecule has 2 aromatic carbocycles. The topological polar surface area (TPSA) is 90.7 Å². The summed E-state index contributed by atoms with van der Waals surface area (Å²) in [5.41, 5.74) is 0.851. The zero-order valence-electron chi connectivity index (χ0n) is 15.5. The molecule has 2 aromatic rings. The number of sulfonamides is 1. The molecule has 0 N–H and O–H groups in total. The lowest BCUT2D eigenvalue weighted by molar-refractivity contribution is 0.0698. The van der Waals surface area contributed by atoms with Gasteiger partial charge in [0.05, 0.1) is 23.1 Å². The van der Waals surface area contributed by atoms with Gasteiger partial charge in [0, 0.05) is 31.7 Å². The summed E-state index contributed by atoms with van der Waals surface area (Å²) in [6.45, 7) is 3.41. The number of rotatable bonds is 5. The minimum absolute atomic E-state index is 0.199. The van der Waals surface area contributed by atoms with Gasteiger partial charge in [0.1, 0.15) is 5.75 Å². The number of nitriles is 1. The van der Waals surface area contributed by atoms with Gasteiger partial charge in [0.25, 0.3) is 5.91 Å². The van der Waals surface area contributed by atoms with Crippen molar-refractivity contribution < 1.29 is 17.9 Å². The van der Waals surface area contributed by atoms with E-state index in [1.165, 1.54) is 16.4 Å². The fourth-order valence-electron chi connectivity index (χ4n) is 3.06. The first-order valence-electron chi connectivity index (χ1n) is 8.98. The minimum atomic E-state index is -3.62. The number of carbonyl (C=O) groups excluding carboxylic acids is 1. The van der Waals surface area contributed by atoms with E-state index in [1.54, 1.807) is 41.3 Å². The first-order chi connectivity index (χ1) is 13.5. The minimum Gasteiger partial charge on any atom is -0.494 e. The molecular weight excluding hydrogens is 378 g/mol. The Morgan fingerprint density at radius 3 is 2.39 bits per heavy atom. The zero-order chi connectivity index (χ0) is 20.1. The Bertz CT molecular complexity index is 989. The maximum absolute atomic E-state index is 12.8. The van der Waals surface area contributed by atoms with Crippen LogP contribution in [0.3, 0.4) is 0 Å². The summed E-state index contributed by atoms with van der Waals surface area (Å²) in [6.07, 6.45) is 0. The number of carbonyl (C=O) groups is 1. The quantitative estimate of drug-likeness (QED) is 0.768. The second-order valence-electron chi connectivity index (χ2n) is 6.29. The molecule has 0 unspecified atom stereocenters. The lowest BCUT2D eigenvalue weighted by Crippen LogP contribution is -2.50. The fourth-order valence-corrected chi connectivity index (χ4v) is 4.48. The Balaban J connectivity index is 1.67. The molecule has 7 nitrogen and oxygen atoms in total. The van der Waals surface area contributed by atoms with Crippen LogP contribution in [0, 0.1) is 11.3 Å². The summed E-state index contributed by atoms with van der Waals surface area (Å²) >= 11 is 0. The summed E-state index contributed by atoms with van der Waals surface area (Å²) in [7, 11) is -3.62. The van der Waals surface area contributed by atoms with Crippen molar-refractivity contribution in [1.29, 1.82) is 5.26 Å². The molecule has 1 aliphatic rings. The van der Waals surface area contributed by atoms with E-state index in [1.807, 2.05) is 13.0 Å². The van der Waals surface area contributed by atoms with Gasteiger partial charge in [-0.05, 0) is 49.4 Å². The number of hydrogen-bond acceptors (Lipinski definition) is 5. The molecule has 0 aliphatic carbocycles. The zero-order valence-corrected chi connectivity index (χ0v) is 16.4. The molecule has 0 spiro atoms. The standard InChI is InChI=1S/C20H21N3O4S/c1-2-27-18-6-8-19(9-7-18)28(25,26)23-12-10-22(11-13-23)20(24)17-5-3-4-16(14-17)15-21/h3-9,14H,2,10-13H2,1H3. The Labute approximate surface area is 164 Å². The molecule has 1 fully saturated rings. The molecule has 1 heterocycles. The summed E-state index contributed by atoms with van der Waals surface area (Å²) in [5.74, 6) is 0.423. The molecule has 146 valence electrons. The van der Waals surface area contributed by atoms with Crippen molar-refractivity contribution in [3.63, 3.8) is 0 Å². The van der Waals surface area contributed by atoms with Crippen molar-refractivity contribution in [1.82, 2.24) is 9.21 Å². The van der Waals surface area contributed by atoms with Crippen LogP contribution in [0.15, 0.2) is 53.4 Å². The van der Waals surface area contributed by atoms with Gasteiger partial charge in [0.2, 0.25) is 10.0 Å². The maximum Gasteiger partial charge on any atom is 0.253 e. The van der Waals surface area contributed by atoms with Gasteiger partial charge in [-0.1, -0.05) is 6.07 Å². The first-order valence-corrected chi connectivity index (χ1v) is 10.4. The molecule has 1 amide bonds. The highest BCUT2D eigenvalue weighted by Crippen LogP contribution is 2.21. The molecule has 1 aliphatic heterocycles. The second kappa shape index (κ2) is 8.42. The Morgan fingerprint density at radius 1 is 1.11 bits per heavy atom. The molecule has 0 saturated carbocycles. The van der Waals surface area contributed by atoms with Gasteiger partial charge < -0.3 is 9.64 Å². The van der Waals surface area contributed by atoms with Crippen molar-refractivity contribution >= 4 is 15.9 Å². The molecule has 0 aromatic heterocycles. The molecular formula is C20H21N3O4S. The van der Waals surface area contributed by atoms with Crippen molar-refractivity contribution in [2.75, 3.05) is 32.8 Å². The normalized spacial score (nSPS) is 15.1. The third-order valence-electron chi connectivity index (χ3n) is 4.54. The summed E-state index contributed by atoms with van der Waals surface area (Å²) in [6, 6.07) is 14.9. The van der Waals surface area contributed by atoms with Crippen molar-refractivity contribution in [3.8, 4) is 11.8 Å². The number of hydrogen-bond donors (Lipinski definition) is 0. The first kappa shape index (κ1) is 19.9. The van der Waals surface area contributed by atoms with Crippen LogP contribution in [0.4, 0.5) is 0 Å². The lowest BCUT2D eigenvalue weighted by atomic mass is 10.1. The van der Waals surface area contributed by atoms with Crippen LogP contribution in [0.1, 0.15) is 22.8 Å². The second-order valence-corrected chi connectivity index (χ2v) is 8.23. The van der Waals surface area contributed by atoms with E-state index in [-0.39, 0.29) is 23.9 Å². The van der Waals surface area contributed by atoms with Gasteiger partial charge in [-0.2, -0.15) is 9.57 Å². The van der Waals surface area contributed by atoms with E-state index in [2.05, 4.69) is 0 Å². The predicted molar refractivity (Wildman–Crippen MR) is 103 cm³/mol. The molecule has 3 rings (SSSR count). The van der Waals surface area contributed by atoms with Gasteiger partial charge in [-0.3, -0.25) is 4.79 Å². The van der Waals surface area contributed by atoms with Gasteiger partial charge in [0.15, 0.2) is 0 Å². The van der Waals surface area contributed by atoms with E-state index in [0.29, 0.717) is 36.6 Å². The van der Waals surface area contributed by atoms with E-state index in [9.17, 15) is 13.2 Å². The van der Waals surface area contributed by atoms with Crippen LogP contribution in [0.25, 0.3) is 0 Å². The fraction of sp³-hybridized carbons (Fsp3) is 0.300. The smallest absolute Gasteiger partial charge is 0.253 e. The van der Waals surface area contributed by atoms with E-state index < -0.39 is 10.0 Å². The molecule has 1 saturated heterocycles. The largest absolute Gasteiger partial charge is 0.494 e.